The van der Waals surface area contributed by atoms with Crippen LogP contribution in [0.25, 0.3) is 5.69 Å². The minimum Gasteiger partial charge on any atom is -0.378 e. The van der Waals surface area contributed by atoms with E-state index >= 15 is 0 Å². The molecule has 6 heteroatoms. The monoisotopic (exact) mass is 405 g/mol. The smallest absolute Gasteiger partial charge is 0.170 e. The molecule has 1 aromatic carbocycles. The summed E-state index contributed by atoms with van der Waals surface area (Å²) in [6.07, 6.45) is 5.01. The fourth-order valence-electron chi connectivity index (χ4n) is 3.99. The highest BCUT2D eigenvalue weighted by Gasteiger charge is 2.40. The van der Waals surface area contributed by atoms with Crippen LogP contribution in [-0.4, -0.2) is 40.2 Å². The van der Waals surface area contributed by atoms with Gasteiger partial charge in [-0.3, -0.25) is 4.98 Å². The van der Waals surface area contributed by atoms with E-state index in [0.717, 1.165) is 29.5 Å². The summed E-state index contributed by atoms with van der Waals surface area (Å²) < 4.78 is 2.26. The Balaban J connectivity index is 1.76. The molecule has 3 aromatic rings. The zero-order chi connectivity index (χ0) is 20.4. The lowest BCUT2D eigenvalue weighted by molar-refractivity contribution is 0.309. The number of nitrogens with one attached hydrogen (secondary N) is 1. The Morgan fingerprint density at radius 1 is 1.07 bits per heavy atom. The van der Waals surface area contributed by atoms with E-state index in [-0.39, 0.29) is 12.1 Å². The third-order valence-electron chi connectivity index (χ3n) is 5.39. The number of nitrogens with zero attached hydrogens (tertiary/aromatic N) is 4. The average Bonchev–Trinajstić information content (AvgIpc) is 3.34. The first-order valence-electron chi connectivity index (χ1n) is 10.0. The Hall–Kier alpha value is -2.86. The first kappa shape index (κ1) is 19.5. The lowest BCUT2D eigenvalue weighted by atomic mass is 10.0. The van der Waals surface area contributed by atoms with Crippen LogP contribution in [0.5, 0.6) is 0 Å². The van der Waals surface area contributed by atoms with E-state index in [1.165, 1.54) is 11.4 Å². The number of benzene rings is 1. The van der Waals surface area contributed by atoms with E-state index < -0.39 is 0 Å². The van der Waals surface area contributed by atoms with Crippen molar-refractivity contribution in [3.63, 3.8) is 0 Å². The summed E-state index contributed by atoms with van der Waals surface area (Å²) in [7, 11) is 4.11. The van der Waals surface area contributed by atoms with Crippen molar-refractivity contribution in [3.05, 3.63) is 78.4 Å². The van der Waals surface area contributed by atoms with Gasteiger partial charge >= 0.3 is 0 Å². The highest BCUT2D eigenvalue weighted by Crippen LogP contribution is 2.39. The molecule has 1 aliphatic rings. The van der Waals surface area contributed by atoms with Gasteiger partial charge in [0.15, 0.2) is 5.11 Å². The number of hydrogen-bond donors (Lipinski definition) is 1. The van der Waals surface area contributed by atoms with Crippen molar-refractivity contribution in [1.29, 1.82) is 0 Å². The molecule has 1 saturated heterocycles. The van der Waals surface area contributed by atoms with Crippen LogP contribution in [0.4, 0.5) is 5.69 Å². The van der Waals surface area contributed by atoms with Crippen LogP contribution in [0, 0.1) is 0 Å². The van der Waals surface area contributed by atoms with Gasteiger partial charge in [-0.05, 0) is 67.2 Å². The van der Waals surface area contributed by atoms with E-state index in [4.69, 9.17) is 12.2 Å². The number of hydrogen-bond acceptors (Lipinski definition) is 3. The Kier molecular flexibility index (Phi) is 5.53. The lowest BCUT2D eigenvalue weighted by Gasteiger charge is -2.28. The summed E-state index contributed by atoms with van der Waals surface area (Å²) in [5.41, 5.74) is 4.54. The van der Waals surface area contributed by atoms with Gasteiger partial charge in [0.1, 0.15) is 0 Å². The van der Waals surface area contributed by atoms with Gasteiger partial charge in [-0.15, -0.1) is 0 Å². The Morgan fingerprint density at radius 2 is 1.86 bits per heavy atom. The van der Waals surface area contributed by atoms with Crippen LogP contribution in [0.1, 0.15) is 36.8 Å². The molecule has 1 fully saturated rings. The first-order chi connectivity index (χ1) is 14.1. The summed E-state index contributed by atoms with van der Waals surface area (Å²) >= 11 is 5.71. The van der Waals surface area contributed by atoms with Crippen molar-refractivity contribution < 1.29 is 0 Å². The minimum absolute atomic E-state index is 0.0185. The van der Waals surface area contributed by atoms with Gasteiger partial charge in [0.05, 0.1) is 17.8 Å². The molecule has 0 spiro atoms. The molecular formula is C23H27N5S. The van der Waals surface area contributed by atoms with Crippen molar-refractivity contribution >= 4 is 23.0 Å². The predicted octanol–water partition coefficient (Wildman–Crippen LogP) is 4.32. The highest BCUT2D eigenvalue weighted by molar-refractivity contribution is 7.80. The molecule has 1 aliphatic heterocycles. The molecule has 0 bridgehead atoms. The molecule has 0 radical (unpaired) electrons. The van der Waals surface area contributed by atoms with Crippen molar-refractivity contribution in [3.8, 4) is 5.69 Å². The van der Waals surface area contributed by atoms with Crippen LogP contribution in [0.3, 0.4) is 0 Å². The molecule has 0 unspecified atom stereocenters. The number of aromatic nitrogens is 2. The SMILES string of the molecule is CCCN1C(=S)N[C@H](c2ccccn2)[C@H]1c1cccn1-c1ccc(N(C)C)cc1. The molecule has 4 rings (SSSR count). The van der Waals surface area contributed by atoms with E-state index in [2.05, 4.69) is 94.3 Å². The summed E-state index contributed by atoms with van der Waals surface area (Å²) in [6, 6.07) is 19.1. The van der Waals surface area contributed by atoms with Crippen molar-refractivity contribution in [1.82, 2.24) is 19.8 Å². The second kappa shape index (κ2) is 8.25. The van der Waals surface area contributed by atoms with Gasteiger partial charge in [-0.25, -0.2) is 0 Å². The molecule has 2 atom stereocenters. The van der Waals surface area contributed by atoms with Gasteiger partial charge < -0.3 is 19.7 Å². The largest absolute Gasteiger partial charge is 0.378 e. The molecule has 29 heavy (non-hydrogen) atoms. The Bertz CT molecular complexity index is 964. The molecular weight excluding hydrogens is 378 g/mol. The van der Waals surface area contributed by atoms with Crippen LogP contribution in [0.15, 0.2) is 67.0 Å². The molecule has 150 valence electrons. The van der Waals surface area contributed by atoms with Crippen LogP contribution in [-0.2, 0) is 0 Å². The summed E-state index contributed by atoms with van der Waals surface area (Å²) in [6.45, 7) is 3.09. The lowest BCUT2D eigenvalue weighted by Crippen LogP contribution is -2.31. The van der Waals surface area contributed by atoms with E-state index in [9.17, 15) is 0 Å². The summed E-state index contributed by atoms with van der Waals surface area (Å²) in [5.74, 6) is 0. The number of pyridine rings is 1. The van der Waals surface area contributed by atoms with Gasteiger partial charge in [0, 0.05) is 50.1 Å². The van der Waals surface area contributed by atoms with Gasteiger partial charge in [0.2, 0.25) is 0 Å². The molecule has 3 heterocycles. The molecule has 0 aliphatic carbocycles. The quantitative estimate of drug-likeness (QED) is 0.618. The third-order valence-corrected chi connectivity index (χ3v) is 5.74. The fraction of sp³-hybridized carbons (Fsp3) is 0.304. The maximum atomic E-state index is 5.71. The Labute approximate surface area is 178 Å². The van der Waals surface area contributed by atoms with E-state index in [1.54, 1.807) is 0 Å². The number of thiocarbonyl (C=S) groups is 1. The second-order valence-corrected chi connectivity index (χ2v) is 7.92. The minimum atomic E-state index is 0.0185. The maximum absolute atomic E-state index is 5.71. The number of rotatable bonds is 6. The topological polar surface area (TPSA) is 36.3 Å². The standard InChI is InChI=1S/C23H27N5S/c1-4-15-28-22(21(25-23(28)29)19-8-5-6-14-24-19)20-9-7-16-27(20)18-12-10-17(11-13-18)26(2)3/h5-14,16,21-22H,4,15H2,1-3H3,(H,25,29)/t21-,22-/m1/s1. The van der Waals surface area contributed by atoms with Crippen LogP contribution >= 0.6 is 12.2 Å². The molecule has 0 saturated carbocycles. The Morgan fingerprint density at radius 3 is 2.52 bits per heavy atom. The van der Waals surface area contributed by atoms with Crippen molar-refractivity contribution in [2.24, 2.45) is 0 Å². The molecule has 2 aromatic heterocycles. The molecule has 5 nitrogen and oxygen atoms in total. The predicted molar refractivity (Wildman–Crippen MR) is 123 cm³/mol. The van der Waals surface area contributed by atoms with Crippen LogP contribution in [0.2, 0.25) is 0 Å². The zero-order valence-corrected chi connectivity index (χ0v) is 17.9. The molecule has 1 N–H and O–H groups in total. The average molecular weight is 406 g/mol. The zero-order valence-electron chi connectivity index (χ0n) is 17.1. The second-order valence-electron chi connectivity index (χ2n) is 7.53. The van der Waals surface area contributed by atoms with E-state index in [1.807, 2.05) is 18.3 Å². The van der Waals surface area contributed by atoms with Crippen molar-refractivity contribution in [2.75, 3.05) is 25.5 Å². The molecule has 0 amide bonds. The van der Waals surface area contributed by atoms with Gasteiger partial charge in [0.25, 0.3) is 0 Å². The van der Waals surface area contributed by atoms with Gasteiger partial charge in [-0.1, -0.05) is 13.0 Å². The van der Waals surface area contributed by atoms with Gasteiger partial charge in [-0.2, -0.15) is 0 Å². The first-order valence-corrected chi connectivity index (χ1v) is 10.4. The van der Waals surface area contributed by atoms with Crippen LogP contribution < -0.4 is 10.2 Å². The maximum Gasteiger partial charge on any atom is 0.170 e. The van der Waals surface area contributed by atoms with E-state index in [0.29, 0.717) is 0 Å². The number of anilines is 1. The summed E-state index contributed by atoms with van der Waals surface area (Å²) in [4.78, 5) is 9.03. The third kappa shape index (κ3) is 3.72. The van der Waals surface area contributed by atoms with Crippen molar-refractivity contribution in [2.45, 2.75) is 25.4 Å². The fourth-order valence-corrected chi connectivity index (χ4v) is 4.32. The summed E-state index contributed by atoms with van der Waals surface area (Å²) in [5, 5.41) is 4.32. The normalized spacial score (nSPS) is 18.7. The highest BCUT2D eigenvalue weighted by atomic mass is 32.1.